The van der Waals surface area contributed by atoms with Crippen LogP contribution in [-0.2, 0) is 11.2 Å². The van der Waals surface area contributed by atoms with Crippen LogP contribution in [0.25, 0.3) is 0 Å². The van der Waals surface area contributed by atoms with Crippen LogP contribution in [0.4, 0.5) is 11.5 Å². The van der Waals surface area contributed by atoms with Crippen molar-refractivity contribution >= 4 is 29.0 Å². The van der Waals surface area contributed by atoms with Crippen LogP contribution in [0, 0.1) is 6.92 Å². The highest BCUT2D eigenvalue weighted by Gasteiger charge is 2.07. The van der Waals surface area contributed by atoms with Crippen molar-refractivity contribution in [2.45, 2.75) is 13.3 Å². The maximum atomic E-state index is 11.9. The van der Waals surface area contributed by atoms with Crippen molar-refractivity contribution < 1.29 is 4.79 Å². The number of benzene rings is 1. The zero-order chi connectivity index (χ0) is 13.8. The summed E-state index contributed by atoms with van der Waals surface area (Å²) in [5, 5.41) is 3.43. The molecule has 2 rings (SSSR count). The number of carbonyl (C=O) groups excluding carboxylic acids is 1. The fourth-order valence-corrected chi connectivity index (χ4v) is 1.95. The Bertz CT molecular complexity index is 613. The Labute approximate surface area is 116 Å². The first-order valence-electron chi connectivity index (χ1n) is 5.81. The van der Waals surface area contributed by atoms with Gasteiger partial charge < -0.3 is 11.1 Å². The standard InChI is InChI=1S/C14H14ClN3O/c1-9-5-13(16)17-8-12(9)18-14(19)7-10-3-2-4-11(15)6-10/h2-6,8H,7H2,1H3,(H2,16,17)(H,18,19). The van der Waals surface area contributed by atoms with E-state index in [0.29, 0.717) is 16.5 Å². The summed E-state index contributed by atoms with van der Waals surface area (Å²) < 4.78 is 0. The monoisotopic (exact) mass is 275 g/mol. The minimum atomic E-state index is -0.114. The largest absolute Gasteiger partial charge is 0.384 e. The number of anilines is 2. The summed E-state index contributed by atoms with van der Waals surface area (Å²) in [4.78, 5) is 15.9. The molecule has 0 atom stereocenters. The molecule has 4 nitrogen and oxygen atoms in total. The smallest absolute Gasteiger partial charge is 0.228 e. The first-order valence-corrected chi connectivity index (χ1v) is 6.19. The summed E-state index contributed by atoms with van der Waals surface area (Å²) in [7, 11) is 0. The van der Waals surface area contributed by atoms with Crippen LogP contribution in [0.5, 0.6) is 0 Å². The van der Waals surface area contributed by atoms with Gasteiger partial charge in [0, 0.05) is 5.02 Å². The lowest BCUT2D eigenvalue weighted by molar-refractivity contribution is -0.115. The maximum absolute atomic E-state index is 11.9. The maximum Gasteiger partial charge on any atom is 0.228 e. The molecule has 3 N–H and O–H groups in total. The van der Waals surface area contributed by atoms with Gasteiger partial charge in [0.2, 0.25) is 5.91 Å². The molecule has 0 saturated heterocycles. The van der Waals surface area contributed by atoms with Gasteiger partial charge >= 0.3 is 0 Å². The number of nitrogen functional groups attached to an aromatic ring is 1. The fraction of sp³-hybridized carbons (Fsp3) is 0.143. The van der Waals surface area contributed by atoms with E-state index in [1.165, 1.54) is 0 Å². The molecule has 1 heterocycles. The van der Waals surface area contributed by atoms with Gasteiger partial charge in [0.15, 0.2) is 0 Å². The number of amides is 1. The Morgan fingerprint density at radius 2 is 2.21 bits per heavy atom. The van der Waals surface area contributed by atoms with E-state index in [0.717, 1.165) is 11.1 Å². The summed E-state index contributed by atoms with van der Waals surface area (Å²) in [6, 6.07) is 8.95. The van der Waals surface area contributed by atoms with Crippen LogP contribution in [-0.4, -0.2) is 10.9 Å². The number of rotatable bonds is 3. The number of carbonyl (C=O) groups is 1. The Kier molecular flexibility index (Phi) is 4.02. The molecule has 5 heteroatoms. The number of pyridine rings is 1. The highest BCUT2D eigenvalue weighted by Crippen LogP contribution is 2.16. The number of nitrogens with zero attached hydrogens (tertiary/aromatic N) is 1. The molecule has 1 aromatic heterocycles. The van der Waals surface area contributed by atoms with Gasteiger partial charge in [0.1, 0.15) is 5.82 Å². The minimum absolute atomic E-state index is 0.114. The molecule has 0 fully saturated rings. The quantitative estimate of drug-likeness (QED) is 0.905. The van der Waals surface area contributed by atoms with Crippen LogP contribution in [0.3, 0.4) is 0 Å². The summed E-state index contributed by atoms with van der Waals surface area (Å²) in [5.41, 5.74) is 7.98. The summed E-state index contributed by atoms with van der Waals surface area (Å²) >= 11 is 5.88. The molecule has 1 amide bonds. The Morgan fingerprint density at radius 3 is 2.89 bits per heavy atom. The predicted octanol–water partition coefficient (Wildman–Crippen LogP) is 2.81. The molecule has 0 spiro atoms. The Morgan fingerprint density at radius 1 is 1.42 bits per heavy atom. The molecule has 2 aromatic rings. The van der Waals surface area contributed by atoms with Gasteiger partial charge in [-0.3, -0.25) is 4.79 Å². The Hall–Kier alpha value is -2.07. The number of aryl methyl sites for hydroxylation is 1. The lowest BCUT2D eigenvalue weighted by atomic mass is 10.1. The molecule has 0 aliphatic rings. The number of aromatic nitrogens is 1. The molecular formula is C14H14ClN3O. The number of hydrogen-bond acceptors (Lipinski definition) is 3. The Balaban J connectivity index is 2.05. The highest BCUT2D eigenvalue weighted by atomic mass is 35.5. The van der Waals surface area contributed by atoms with E-state index in [4.69, 9.17) is 17.3 Å². The number of hydrogen-bond donors (Lipinski definition) is 2. The van der Waals surface area contributed by atoms with Gasteiger partial charge in [-0.05, 0) is 36.2 Å². The van der Waals surface area contributed by atoms with Gasteiger partial charge in [-0.1, -0.05) is 23.7 Å². The molecule has 0 saturated carbocycles. The topological polar surface area (TPSA) is 68.0 Å². The van der Waals surface area contributed by atoms with Crippen LogP contribution < -0.4 is 11.1 Å². The zero-order valence-corrected chi connectivity index (χ0v) is 11.2. The van der Waals surface area contributed by atoms with Crippen LogP contribution >= 0.6 is 11.6 Å². The molecule has 1 aromatic carbocycles. The number of nitrogens with one attached hydrogen (secondary N) is 1. The van der Waals surface area contributed by atoms with Crippen molar-refractivity contribution in [3.05, 3.63) is 52.7 Å². The van der Waals surface area contributed by atoms with Crippen LogP contribution in [0.15, 0.2) is 36.5 Å². The van der Waals surface area contributed by atoms with E-state index >= 15 is 0 Å². The van der Waals surface area contributed by atoms with E-state index < -0.39 is 0 Å². The summed E-state index contributed by atoms with van der Waals surface area (Å²) in [6.07, 6.45) is 1.82. The van der Waals surface area contributed by atoms with Crippen LogP contribution in [0.1, 0.15) is 11.1 Å². The first kappa shape index (κ1) is 13.4. The second-order valence-electron chi connectivity index (χ2n) is 4.28. The van der Waals surface area contributed by atoms with E-state index in [-0.39, 0.29) is 12.3 Å². The van der Waals surface area contributed by atoms with Gasteiger partial charge in [0.25, 0.3) is 0 Å². The third kappa shape index (κ3) is 3.69. The van der Waals surface area contributed by atoms with E-state index in [1.807, 2.05) is 19.1 Å². The fourth-order valence-electron chi connectivity index (χ4n) is 1.74. The molecule has 0 bridgehead atoms. The highest BCUT2D eigenvalue weighted by molar-refractivity contribution is 6.30. The summed E-state index contributed by atoms with van der Waals surface area (Å²) in [5.74, 6) is 0.322. The molecule has 19 heavy (non-hydrogen) atoms. The second kappa shape index (κ2) is 5.71. The van der Waals surface area contributed by atoms with Crippen molar-refractivity contribution in [2.75, 3.05) is 11.1 Å². The molecular weight excluding hydrogens is 262 g/mol. The zero-order valence-electron chi connectivity index (χ0n) is 10.5. The number of nitrogens with two attached hydrogens (primary N) is 1. The van der Waals surface area contributed by atoms with Crippen molar-refractivity contribution in [1.82, 2.24) is 4.98 Å². The molecule has 0 aliphatic carbocycles. The lowest BCUT2D eigenvalue weighted by Gasteiger charge is -2.08. The predicted molar refractivity (Wildman–Crippen MR) is 77.2 cm³/mol. The third-order valence-corrected chi connectivity index (χ3v) is 2.89. The van der Waals surface area contributed by atoms with Crippen molar-refractivity contribution in [1.29, 1.82) is 0 Å². The van der Waals surface area contributed by atoms with Gasteiger partial charge in [0.05, 0.1) is 18.3 Å². The second-order valence-corrected chi connectivity index (χ2v) is 4.72. The average molecular weight is 276 g/mol. The lowest BCUT2D eigenvalue weighted by Crippen LogP contribution is -2.15. The minimum Gasteiger partial charge on any atom is -0.384 e. The van der Waals surface area contributed by atoms with Crippen molar-refractivity contribution in [3.8, 4) is 0 Å². The average Bonchev–Trinajstić information content (AvgIpc) is 2.33. The van der Waals surface area contributed by atoms with Crippen LogP contribution in [0.2, 0.25) is 5.02 Å². The van der Waals surface area contributed by atoms with Gasteiger partial charge in [-0.2, -0.15) is 0 Å². The van der Waals surface area contributed by atoms with E-state index in [9.17, 15) is 4.79 Å². The third-order valence-electron chi connectivity index (χ3n) is 2.66. The molecule has 0 radical (unpaired) electrons. The van der Waals surface area contributed by atoms with Crippen molar-refractivity contribution in [3.63, 3.8) is 0 Å². The molecule has 98 valence electrons. The van der Waals surface area contributed by atoms with E-state index in [1.54, 1.807) is 24.4 Å². The van der Waals surface area contributed by atoms with Gasteiger partial charge in [-0.25, -0.2) is 4.98 Å². The normalized spacial score (nSPS) is 10.2. The molecule has 0 unspecified atom stereocenters. The van der Waals surface area contributed by atoms with Gasteiger partial charge in [-0.15, -0.1) is 0 Å². The van der Waals surface area contributed by atoms with Crippen molar-refractivity contribution in [2.24, 2.45) is 0 Å². The summed E-state index contributed by atoms with van der Waals surface area (Å²) in [6.45, 7) is 1.87. The number of halogens is 1. The molecule has 0 aliphatic heterocycles. The van der Waals surface area contributed by atoms with E-state index in [2.05, 4.69) is 10.3 Å². The first-order chi connectivity index (χ1) is 9.04. The SMILES string of the molecule is Cc1cc(N)ncc1NC(=O)Cc1cccc(Cl)c1.